The van der Waals surface area contributed by atoms with E-state index >= 15 is 0 Å². The first-order valence-electron chi connectivity index (χ1n) is 9.47. The Bertz CT molecular complexity index is 949. The average Bonchev–Trinajstić information content (AvgIpc) is 2.73. The van der Waals surface area contributed by atoms with Gasteiger partial charge in [-0.1, -0.05) is 54.6 Å². The van der Waals surface area contributed by atoms with Crippen LogP contribution >= 0.6 is 11.8 Å². The molecule has 30 heavy (non-hydrogen) atoms. The molecule has 0 spiro atoms. The molecule has 2 N–H and O–H groups in total. The summed E-state index contributed by atoms with van der Waals surface area (Å²) in [5, 5.41) is 11.7. The molecule has 0 unspecified atom stereocenters. The molecular weight excluding hydrogens is 396 g/mol. The van der Waals surface area contributed by atoms with Gasteiger partial charge in [0, 0.05) is 17.1 Å². The van der Waals surface area contributed by atoms with E-state index in [-0.39, 0.29) is 11.7 Å². The van der Waals surface area contributed by atoms with Crippen LogP contribution in [-0.2, 0) is 9.59 Å². The van der Waals surface area contributed by atoms with Crippen molar-refractivity contribution in [3.8, 4) is 0 Å². The lowest BCUT2D eigenvalue weighted by Gasteiger charge is -2.21. The molecule has 0 bridgehead atoms. The second-order valence-electron chi connectivity index (χ2n) is 6.49. The number of anilines is 1. The van der Waals surface area contributed by atoms with Crippen LogP contribution < -0.4 is 5.32 Å². The topological polar surface area (TPSA) is 69.6 Å². The maximum absolute atomic E-state index is 12.7. The second-order valence-corrected chi connectivity index (χ2v) is 7.54. The summed E-state index contributed by atoms with van der Waals surface area (Å²) in [6.07, 6.45) is 7.24. The minimum absolute atomic E-state index is 0.0260. The molecule has 0 heterocycles. The molecule has 2 rings (SSSR count). The Morgan fingerprint density at radius 2 is 1.93 bits per heavy atom. The Labute approximate surface area is 181 Å². The van der Waals surface area contributed by atoms with Crippen molar-refractivity contribution in [1.29, 1.82) is 0 Å². The fourth-order valence-corrected chi connectivity index (χ4v) is 3.37. The summed E-state index contributed by atoms with van der Waals surface area (Å²) in [5.74, 6) is -1.02. The van der Waals surface area contributed by atoms with Crippen LogP contribution in [0.3, 0.4) is 0 Å². The first-order valence-corrected chi connectivity index (χ1v) is 10.5. The third-order valence-electron chi connectivity index (χ3n) is 4.18. The summed E-state index contributed by atoms with van der Waals surface area (Å²) in [4.78, 5) is 26.1. The van der Waals surface area contributed by atoms with Gasteiger partial charge in [-0.05, 0) is 49.9 Å². The number of aryl methyl sites for hydroxylation is 1. The highest BCUT2D eigenvalue weighted by atomic mass is 32.2. The van der Waals surface area contributed by atoms with Gasteiger partial charge in [-0.2, -0.15) is 0 Å². The van der Waals surface area contributed by atoms with Crippen LogP contribution in [0.15, 0.2) is 84.1 Å². The van der Waals surface area contributed by atoms with E-state index in [4.69, 9.17) is 5.11 Å². The number of hydrogen-bond donors (Lipinski definition) is 2. The van der Waals surface area contributed by atoms with E-state index in [1.165, 1.54) is 11.8 Å². The Balaban J connectivity index is 2.01. The van der Waals surface area contributed by atoms with Crippen molar-refractivity contribution in [2.75, 3.05) is 17.6 Å². The molecule has 2 aromatic carbocycles. The van der Waals surface area contributed by atoms with E-state index in [0.717, 1.165) is 21.7 Å². The lowest BCUT2D eigenvalue weighted by atomic mass is 10.2. The van der Waals surface area contributed by atoms with Crippen LogP contribution in [0.25, 0.3) is 6.08 Å². The average molecular weight is 423 g/mol. The van der Waals surface area contributed by atoms with Crippen LogP contribution in [0, 0.1) is 6.92 Å². The van der Waals surface area contributed by atoms with Crippen LogP contribution in [0.5, 0.6) is 0 Å². The van der Waals surface area contributed by atoms with Gasteiger partial charge in [-0.3, -0.25) is 9.59 Å². The van der Waals surface area contributed by atoms with Crippen molar-refractivity contribution in [3.63, 3.8) is 0 Å². The first kappa shape index (κ1) is 23.0. The zero-order valence-electron chi connectivity index (χ0n) is 17.2. The quantitative estimate of drug-likeness (QED) is 0.408. The van der Waals surface area contributed by atoms with Crippen molar-refractivity contribution >= 4 is 35.4 Å². The van der Waals surface area contributed by atoms with Crippen molar-refractivity contribution in [2.45, 2.75) is 18.7 Å². The van der Waals surface area contributed by atoms with Gasteiger partial charge in [0.2, 0.25) is 0 Å². The smallest absolute Gasteiger partial charge is 0.313 e. The van der Waals surface area contributed by atoms with Crippen molar-refractivity contribution in [3.05, 3.63) is 90.3 Å². The van der Waals surface area contributed by atoms with Crippen LogP contribution in [0.2, 0.25) is 0 Å². The van der Waals surface area contributed by atoms with Crippen LogP contribution in [0.1, 0.15) is 18.1 Å². The van der Waals surface area contributed by atoms with Gasteiger partial charge < -0.3 is 15.3 Å². The third kappa shape index (κ3) is 7.29. The number of nitrogens with one attached hydrogen (secondary N) is 1. The third-order valence-corrected chi connectivity index (χ3v) is 5.16. The Morgan fingerprint density at radius 3 is 2.57 bits per heavy atom. The number of aliphatic carboxylic acids is 1. The molecule has 0 atom stereocenters. The Hall–Kier alpha value is -3.25. The zero-order valence-corrected chi connectivity index (χ0v) is 18.0. The summed E-state index contributed by atoms with van der Waals surface area (Å²) in [6, 6.07) is 15.3. The molecule has 0 aromatic heterocycles. The van der Waals surface area contributed by atoms with Crippen molar-refractivity contribution in [1.82, 2.24) is 4.90 Å². The largest absolute Gasteiger partial charge is 0.481 e. The SMILES string of the molecule is C=CN(C/C=C/c1cccc(SCC(=O)O)c1)/C(=C\C)C(=O)Nc1ccc(C)cc1. The van der Waals surface area contributed by atoms with Crippen molar-refractivity contribution < 1.29 is 14.7 Å². The van der Waals surface area contributed by atoms with Gasteiger partial charge in [-0.15, -0.1) is 11.8 Å². The number of carbonyl (C=O) groups is 2. The molecule has 0 fully saturated rings. The number of carboxylic acids is 1. The molecule has 0 aliphatic heterocycles. The minimum atomic E-state index is -0.842. The monoisotopic (exact) mass is 422 g/mol. The number of hydrogen-bond acceptors (Lipinski definition) is 4. The molecule has 1 amide bonds. The second kappa shape index (κ2) is 11.7. The highest BCUT2D eigenvalue weighted by molar-refractivity contribution is 8.00. The molecule has 0 saturated carbocycles. The van der Waals surface area contributed by atoms with E-state index in [9.17, 15) is 9.59 Å². The molecule has 5 nitrogen and oxygen atoms in total. The highest BCUT2D eigenvalue weighted by Crippen LogP contribution is 2.20. The zero-order chi connectivity index (χ0) is 21.9. The van der Waals surface area contributed by atoms with Crippen LogP contribution in [0.4, 0.5) is 5.69 Å². The molecule has 0 aliphatic carbocycles. The van der Waals surface area contributed by atoms with E-state index in [1.807, 2.05) is 74.5 Å². The fourth-order valence-electron chi connectivity index (χ4n) is 2.69. The normalized spacial score (nSPS) is 11.3. The lowest BCUT2D eigenvalue weighted by molar-refractivity contribution is -0.133. The molecular formula is C24H26N2O3S. The summed E-state index contributed by atoms with van der Waals surface area (Å²) >= 11 is 1.28. The van der Waals surface area contributed by atoms with Gasteiger partial charge >= 0.3 is 5.97 Å². The molecule has 0 aliphatic rings. The first-order chi connectivity index (χ1) is 14.4. The van der Waals surface area contributed by atoms with Gasteiger partial charge in [0.05, 0.1) is 5.75 Å². The summed E-state index contributed by atoms with van der Waals surface area (Å²) in [7, 11) is 0. The van der Waals surface area contributed by atoms with Gasteiger partial charge in [0.1, 0.15) is 5.70 Å². The van der Waals surface area contributed by atoms with E-state index < -0.39 is 5.97 Å². The Kier molecular flexibility index (Phi) is 8.97. The standard InChI is InChI=1S/C24H26N2O3S/c1-4-22(24(29)25-20-13-11-18(3)12-14-20)26(5-2)15-7-9-19-8-6-10-21(16-19)30-17-23(27)28/h4-14,16H,2,15,17H2,1,3H3,(H,25,29)(H,27,28)/b9-7+,22-4-. The highest BCUT2D eigenvalue weighted by Gasteiger charge is 2.14. The number of benzene rings is 2. The molecule has 0 saturated heterocycles. The van der Waals surface area contributed by atoms with E-state index in [0.29, 0.717) is 12.2 Å². The van der Waals surface area contributed by atoms with Crippen molar-refractivity contribution in [2.24, 2.45) is 0 Å². The number of thioether (sulfide) groups is 1. The predicted molar refractivity (Wildman–Crippen MR) is 124 cm³/mol. The summed E-state index contributed by atoms with van der Waals surface area (Å²) in [5.41, 5.74) is 3.32. The number of rotatable bonds is 10. The lowest BCUT2D eigenvalue weighted by Crippen LogP contribution is -2.27. The molecule has 156 valence electrons. The van der Waals surface area contributed by atoms with E-state index in [2.05, 4.69) is 11.9 Å². The maximum Gasteiger partial charge on any atom is 0.313 e. The van der Waals surface area contributed by atoms with Gasteiger partial charge in [0.15, 0.2) is 0 Å². The maximum atomic E-state index is 12.7. The summed E-state index contributed by atoms with van der Waals surface area (Å²) < 4.78 is 0. The molecule has 6 heteroatoms. The van der Waals surface area contributed by atoms with E-state index in [1.54, 1.807) is 17.2 Å². The Morgan fingerprint density at radius 1 is 1.20 bits per heavy atom. The van der Waals surface area contributed by atoms with Gasteiger partial charge in [-0.25, -0.2) is 0 Å². The number of carbonyl (C=O) groups excluding carboxylic acids is 1. The van der Waals surface area contributed by atoms with Crippen LogP contribution in [-0.4, -0.2) is 34.2 Å². The number of allylic oxidation sites excluding steroid dienone is 1. The summed E-state index contributed by atoms with van der Waals surface area (Å²) in [6.45, 7) is 8.10. The number of nitrogens with zero attached hydrogens (tertiary/aromatic N) is 1. The number of carboxylic acid groups (broad SMARTS) is 1. The minimum Gasteiger partial charge on any atom is -0.481 e. The molecule has 0 radical (unpaired) electrons. The molecule has 2 aromatic rings. The van der Waals surface area contributed by atoms with Gasteiger partial charge in [0.25, 0.3) is 5.91 Å². The number of amides is 1. The fraction of sp³-hybridized carbons (Fsp3) is 0.167. The predicted octanol–water partition coefficient (Wildman–Crippen LogP) is 5.17.